The second-order valence-electron chi connectivity index (χ2n) is 6.43. The van der Waals surface area contributed by atoms with E-state index < -0.39 is 0 Å². The second-order valence-corrected chi connectivity index (χ2v) is 6.43. The van der Waals surface area contributed by atoms with E-state index in [9.17, 15) is 4.79 Å². The molecule has 0 spiro atoms. The Labute approximate surface area is 137 Å². The average Bonchev–Trinajstić information content (AvgIpc) is 3.14. The predicted molar refractivity (Wildman–Crippen MR) is 91.6 cm³/mol. The molecule has 1 saturated heterocycles. The molecule has 3 rings (SSSR count). The molecule has 0 saturated carbocycles. The van der Waals surface area contributed by atoms with Gasteiger partial charge in [0.05, 0.1) is 6.10 Å². The summed E-state index contributed by atoms with van der Waals surface area (Å²) in [5, 5.41) is 4.21. The summed E-state index contributed by atoms with van der Waals surface area (Å²) >= 11 is 0. The van der Waals surface area contributed by atoms with Crippen molar-refractivity contribution in [2.24, 2.45) is 0 Å². The van der Waals surface area contributed by atoms with Crippen molar-refractivity contribution in [3.05, 3.63) is 35.0 Å². The molecule has 2 aromatic rings. The SMILES string of the molecule is Cc1[nH]c2ccc(CNC(=O)N(C)C[C@@H]3CCCO3)cc2c1C. The number of H-pyrrole nitrogens is 1. The summed E-state index contributed by atoms with van der Waals surface area (Å²) in [6, 6.07) is 6.22. The summed E-state index contributed by atoms with van der Waals surface area (Å²) < 4.78 is 5.58. The maximum absolute atomic E-state index is 12.2. The Morgan fingerprint density at radius 2 is 2.26 bits per heavy atom. The number of aryl methyl sites for hydroxylation is 2. The highest BCUT2D eigenvalue weighted by atomic mass is 16.5. The number of nitrogens with one attached hydrogen (secondary N) is 2. The largest absolute Gasteiger partial charge is 0.376 e. The molecule has 1 aliphatic heterocycles. The van der Waals surface area contributed by atoms with E-state index in [1.54, 1.807) is 4.90 Å². The standard InChI is InChI=1S/C18H25N3O2/c1-12-13(2)20-17-7-6-14(9-16(12)17)10-19-18(22)21(3)11-15-5-4-8-23-15/h6-7,9,15,20H,4-5,8,10-11H2,1-3H3,(H,19,22)/t15-/m0/s1. The van der Waals surface area contributed by atoms with Gasteiger partial charge in [-0.2, -0.15) is 0 Å². The maximum atomic E-state index is 12.2. The Kier molecular flexibility index (Phi) is 4.57. The molecule has 0 radical (unpaired) electrons. The van der Waals surface area contributed by atoms with E-state index in [4.69, 9.17) is 4.74 Å². The van der Waals surface area contributed by atoms with Crippen LogP contribution in [0.15, 0.2) is 18.2 Å². The van der Waals surface area contributed by atoms with Gasteiger partial charge in [0.1, 0.15) is 0 Å². The topological polar surface area (TPSA) is 57.4 Å². The summed E-state index contributed by atoms with van der Waals surface area (Å²) in [7, 11) is 1.82. The molecule has 5 nitrogen and oxygen atoms in total. The van der Waals surface area contributed by atoms with Gasteiger partial charge in [-0.1, -0.05) is 6.07 Å². The highest BCUT2D eigenvalue weighted by Crippen LogP contribution is 2.22. The van der Waals surface area contributed by atoms with Crippen molar-refractivity contribution in [1.82, 2.24) is 15.2 Å². The fourth-order valence-corrected chi connectivity index (χ4v) is 3.11. The number of ether oxygens (including phenoxy) is 1. The molecule has 0 unspecified atom stereocenters. The van der Waals surface area contributed by atoms with Crippen LogP contribution in [-0.4, -0.2) is 42.2 Å². The number of carbonyl (C=O) groups is 1. The summed E-state index contributed by atoms with van der Waals surface area (Å²) in [6.07, 6.45) is 2.32. The zero-order chi connectivity index (χ0) is 16.4. The summed E-state index contributed by atoms with van der Waals surface area (Å²) in [4.78, 5) is 17.3. The van der Waals surface area contributed by atoms with Gasteiger partial charge in [-0.05, 0) is 49.9 Å². The number of aromatic nitrogens is 1. The molecule has 5 heteroatoms. The number of rotatable bonds is 4. The molecular formula is C18H25N3O2. The summed E-state index contributed by atoms with van der Waals surface area (Å²) in [5.41, 5.74) is 4.71. The Morgan fingerprint density at radius 3 is 3.00 bits per heavy atom. The first-order valence-electron chi connectivity index (χ1n) is 8.23. The first-order valence-corrected chi connectivity index (χ1v) is 8.23. The van der Waals surface area contributed by atoms with Gasteiger partial charge in [0.2, 0.25) is 0 Å². The van der Waals surface area contributed by atoms with E-state index in [1.165, 1.54) is 16.6 Å². The van der Waals surface area contributed by atoms with Crippen LogP contribution in [-0.2, 0) is 11.3 Å². The van der Waals surface area contributed by atoms with E-state index in [1.807, 2.05) is 7.05 Å². The fraction of sp³-hybridized carbons (Fsp3) is 0.500. The smallest absolute Gasteiger partial charge is 0.317 e. The highest BCUT2D eigenvalue weighted by Gasteiger charge is 2.19. The van der Waals surface area contributed by atoms with Crippen LogP contribution in [0.2, 0.25) is 0 Å². The van der Waals surface area contributed by atoms with Crippen LogP contribution in [0.1, 0.15) is 29.7 Å². The Bertz CT molecular complexity index is 702. The number of urea groups is 1. The van der Waals surface area contributed by atoms with Crippen LogP contribution in [0, 0.1) is 13.8 Å². The van der Waals surface area contributed by atoms with E-state index in [2.05, 4.69) is 42.3 Å². The third-order valence-electron chi connectivity index (χ3n) is 4.66. The quantitative estimate of drug-likeness (QED) is 0.911. The van der Waals surface area contributed by atoms with Gasteiger partial charge >= 0.3 is 6.03 Å². The molecule has 1 fully saturated rings. The van der Waals surface area contributed by atoms with Crippen molar-refractivity contribution >= 4 is 16.9 Å². The van der Waals surface area contributed by atoms with Crippen molar-refractivity contribution in [1.29, 1.82) is 0 Å². The van der Waals surface area contributed by atoms with Crippen LogP contribution in [0.3, 0.4) is 0 Å². The molecule has 1 aromatic heterocycles. The van der Waals surface area contributed by atoms with Gasteiger partial charge in [0.25, 0.3) is 0 Å². The number of nitrogens with zero attached hydrogens (tertiary/aromatic N) is 1. The summed E-state index contributed by atoms with van der Waals surface area (Å²) in [5.74, 6) is 0. The minimum Gasteiger partial charge on any atom is -0.376 e. The lowest BCUT2D eigenvalue weighted by molar-refractivity contribution is 0.0874. The lowest BCUT2D eigenvalue weighted by Crippen LogP contribution is -2.40. The number of carbonyl (C=O) groups excluding carboxylic acids is 1. The minimum atomic E-state index is -0.0532. The van der Waals surface area contributed by atoms with Crippen molar-refractivity contribution < 1.29 is 9.53 Å². The molecule has 0 bridgehead atoms. The minimum absolute atomic E-state index is 0.0532. The molecule has 2 N–H and O–H groups in total. The first kappa shape index (κ1) is 15.9. The van der Waals surface area contributed by atoms with E-state index in [-0.39, 0.29) is 12.1 Å². The van der Waals surface area contributed by atoms with E-state index >= 15 is 0 Å². The van der Waals surface area contributed by atoms with Gasteiger partial charge in [0.15, 0.2) is 0 Å². The number of amides is 2. The molecule has 1 aromatic carbocycles. The van der Waals surface area contributed by atoms with E-state index in [0.29, 0.717) is 13.1 Å². The van der Waals surface area contributed by atoms with Gasteiger partial charge < -0.3 is 19.9 Å². The van der Waals surface area contributed by atoms with E-state index in [0.717, 1.165) is 30.5 Å². The van der Waals surface area contributed by atoms with Crippen LogP contribution < -0.4 is 5.32 Å². The van der Waals surface area contributed by atoms with Gasteiger partial charge in [0, 0.05) is 43.3 Å². The zero-order valence-corrected chi connectivity index (χ0v) is 14.1. The molecule has 0 aliphatic carbocycles. The monoisotopic (exact) mass is 315 g/mol. The predicted octanol–water partition coefficient (Wildman–Crippen LogP) is 3.11. The molecule has 1 aliphatic rings. The third-order valence-corrected chi connectivity index (χ3v) is 4.66. The number of hydrogen-bond acceptors (Lipinski definition) is 2. The molecule has 2 heterocycles. The first-order chi connectivity index (χ1) is 11.0. The van der Waals surface area contributed by atoms with Crippen molar-refractivity contribution in [2.45, 2.75) is 39.3 Å². The fourth-order valence-electron chi connectivity index (χ4n) is 3.11. The lowest BCUT2D eigenvalue weighted by Gasteiger charge is -2.21. The van der Waals surface area contributed by atoms with Crippen LogP contribution >= 0.6 is 0 Å². The Morgan fingerprint density at radius 1 is 1.43 bits per heavy atom. The number of likely N-dealkylation sites (N-methyl/N-ethyl adjacent to an activating group) is 1. The number of hydrogen-bond donors (Lipinski definition) is 2. The normalized spacial score (nSPS) is 17.6. The molecular weight excluding hydrogens is 290 g/mol. The molecule has 1 atom stereocenters. The van der Waals surface area contributed by atoms with Crippen LogP contribution in [0.25, 0.3) is 10.9 Å². The average molecular weight is 315 g/mol. The van der Waals surface area contributed by atoms with Crippen molar-refractivity contribution in [3.8, 4) is 0 Å². The van der Waals surface area contributed by atoms with Gasteiger partial charge in [-0.3, -0.25) is 0 Å². The van der Waals surface area contributed by atoms with Crippen LogP contribution in [0.4, 0.5) is 4.79 Å². The number of aromatic amines is 1. The van der Waals surface area contributed by atoms with Gasteiger partial charge in [-0.25, -0.2) is 4.79 Å². The van der Waals surface area contributed by atoms with Crippen LogP contribution in [0.5, 0.6) is 0 Å². The third kappa shape index (κ3) is 3.50. The molecule has 23 heavy (non-hydrogen) atoms. The lowest BCUT2D eigenvalue weighted by atomic mass is 10.1. The number of benzene rings is 1. The van der Waals surface area contributed by atoms with Crippen molar-refractivity contribution in [3.63, 3.8) is 0 Å². The Balaban J connectivity index is 1.58. The number of fused-ring (bicyclic) bond motifs is 1. The maximum Gasteiger partial charge on any atom is 0.317 e. The molecule has 124 valence electrons. The second kappa shape index (κ2) is 6.62. The highest BCUT2D eigenvalue weighted by molar-refractivity contribution is 5.85. The van der Waals surface area contributed by atoms with Gasteiger partial charge in [-0.15, -0.1) is 0 Å². The summed E-state index contributed by atoms with van der Waals surface area (Å²) in [6.45, 7) is 6.20. The molecule has 2 amide bonds. The van der Waals surface area contributed by atoms with Crippen molar-refractivity contribution in [2.75, 3.05) is 20.2 Å². The Hall–Kier alpha value is -2.01. The zero-order valence-electron chi connectivity index (χ0n) is 14.1.